The Labute approximate surface area is 214 Å². The third-order valence-electron chi connectivity index (χ3n) is 7.51. The molecule has 186 valence electrons. The second-order valence-corrected chi connectivity index (χ2v) is 11.0. The molecule has 0 radical (unpaired) electrons. The molecule has 1 N–H and O–H groups in total. The predicted molar refractivity (Wildman–Crippen MR) is 139 cm³/mol. The van der Waals surface area contributed by atoms with Crippen molar-refractivity contribution in [3.63, 3.8) is 0 Å². The van der Waals surface area contributed by atoms with E-state index >= 15 is 0 Å². The van der Waals surface area contributed by atoms with Crippen LogP contribution in [0.5, 0.6) is 0 Å². The van der Waals surface area contributed by atoms with Gasteiger partial charge in [-0.1, -0.05) is 24.3 Å². The molecular weight excluding hydrogens is 474 g/mol. The number of imide groups is 1. The Kier molecular flexibility index (Phi) is 6.23. The lowest BCUT2D eigenvalue weighted by Gasteiger charge is -2.33. The van der Waals surface area contributed by atoms with Crippen LogP contribution < -0.4 is 10.2 Å². The van der Waals surface area contributed by atoms with Gasteiger partial charge < -0.3 is 15.0 Å². The van der Waals surface area contributed by atoms with E-state index in [4.69, 9.17) is 4.74 Å². The maximum Gasteiger partial charge on any atom is 0.263 e. The van der Waals surface area contributed by atoms with E-state index in [1.165, 1.54) is 15.0 Å². The number of hydrogen-bond acceptors (Lipinski definition) is 6. The number of nitrogens with one attached hydrogen (secondary N) is 1. The van der Waals surface area contributed by atoms with Crippen molar-refractivity contribution in [2.24, 2.45) is 5.92 Å². The fraction of sp³-hybridized carbons (Fsp3) is 0.393. The molecule has 4 heterocycles. The first-order chi connectivity index (χ1) is 17.6. The first-order valence-corrected chi connectivity index (χ1v) is 13.5. The van der Waals surface area contributed by atoms with Crippen LogP contribution >= 0.6 is 11.3 Å². The van der Waals surface area contributed by atoms with Gasteiger partial charge in [0.25, 0.3) is 11.8 Å². The summed E-state index contributed by atoms with van der Waals surface area (Å²) in [6.45, 7) is 2.89. The number of thiophene rings is 1. The maximum atomic E-state index is 13.3. The summed E-state index contributed by atoms with van der Waals surface area (Å²) in [6.07, 6.45) is 3.19. The van der Waals surface area contributed by atoms with E-state index in [2.05, 4.69) is 28.4 Å². The zero-order valence-electron chi connectivity index (χ0n) is 20.1. The van der Waals surface area contributed by atoms with Crippen molar-refractivity contribution >= 4 is 44.8 Å². The number of fused-ring (bicyclic) bond motifs is 2. The number of rotatable bonds is 6. The van der Waals surface area contributed by atoms with Crippen molar-refractivity contribution in [2.45, 2.75) is 38.3 Å². The molecule has 1 aromatic heterocycles. The summed E-state index contributed by atoms with van der Waals surface area (Å²) in [4.78, 5) is 43.8. The molecule has 1 unspecified atom stereocenters. The van der Waals surface area contributed by atoms with Crippen LogP contribution in [-0.4, -0.2) is 55.0 Å². The molecule has 2 fully saturated rings. The normalized spacial score (nSPS) is 20.4. The highest BCUT2D eigenvalue weighted by molar-refractivity contribution is 7.19. The summed E-state index contributed by atoms with van der Waals surface area (Å²) >= 11 is 1.71. The van der Waals surface area contributed by atoms with Crippen LogP contribution in [0.25, 0.3) is 10.1 Å². The highest BCUT2D eigenvalue weighted by Crippen LogP contribution is 2.34. The van der Waals surface area contributed by atoms with Gasteiger partial charge in [0.05, 0.1) is 36.0 Å². The topological polar surface area (TPSA) is 79.0 Å². The number of anilines is 1. The van der Waals surface area contributed by atoms with E-state index in [9.17, 15) is 14.4 Å². The summed E-state index contributed by atoms with van der Waals surface area (Å²) in [5, 5.41) is 4.32. The Morgan fingerprint density at radius 1 is 1.03 bits per heavy atom. The van der Waals surface area contributed by atoms with Crippen LogP contribution in [0.1, 0.15) is 51.3 Å². The molecule has 6 rings (SSSR count). The molecule has 8 heteroatoms. The van der Waals surface area contributed by atoms with Crippen LogP contribution in [0.4, 0.5) is 5.69 Å². The number of carbonyl (C=O) groups excluding carboxylic acids is 3. The number of hydrogen-bond donors (Lipinski definition) is 1. The van der Waals surface area contributed by atoms with Gasteiger partial charge in [0.2, 0.25) is 5.91 Å². The number of nitrogens with zero attached hydrogens (tertiary/aromatic N) is 2. The van der Waals surface area contributed by atoms with Gasteiger partial charge in [0.15, 0.2) is 0 Å². The van der Waals surface area contributed by atoms with Gasteiger partial charge in [-0.2, -0.15) is 0 Å². The summed E-state index contributed by atoms with van der Waals surface area (Å²) in [7, 11) is 0. The fourth-order valence-electron chi connectivity index (χ4n) is 5.56. The molecule has 2 aromatic carbocycles. The van der Waals surface area contributed by atoms with Crippen molar-refractivity contribution < 1.29 is 19.1 Å². The van der Waals surface area contributed by atoms with E-state index in [0.29, 0.717) is 56.8 Å². The van der Waals surface area contributed by atoms with Crippen LogP contribution in [0.15, 0.2) is 48.5 Å². The molecular formula is C28H29N3O4S. The minimum absolute atomic E-state index is 0.0549. The highest BCUT2D eigenvalue weighted by Gasteiger charge is 2.40. The molecule has 36 heavy (non-hydrogen) atoms. The zero-order chi connectivity index (χ0) is 24.6. The van der Waals surface area contributed by atoms with Crippen molar-refractivity contribution in [2.75, 3.05) is 31.1 Å². The number of piperidine rings is 1. The van der Waals surface area contributed by atoms with Gasteiger partial charge >= 0.3 is 0 Å². The zero-order valence-corrected chi connectivity index (χ0v) is 20.9. The molecule has 2 saturated heterocycles. The average Bonchev–Trinajstić information content (AvgIpc) is 3.63. The SMILES string of the molecule is O=C(NCc1cc2ccccc2s1)C1CCN(c2cccc3c2C(=O)N(CC2CCCO2)C3=O)CC1. The summed E-state index contributed by atoms with van der Waals surface area (Å²) < 4.78 is 6.89. The third-order valence-corrected chi connectivity index (χ3v) is 8.62. The molecule has 0 spiro atoms. The molecule has 3 aliphatic rings. The lowest BCUT2D eigenvalue weighted by Crippen LogP contribution is -2.41. The molecule has 0 saturated carbocycles. The lowest BCUT2D eigenvalue weighted by molar-refractivity contribution is -0.125. The molecule has 3 aliphatic heterocycles. The third kappa shape index (κ3) is 4.29. The number of amides is 3. The van der Waals surface area contributed by atoms with Crippen LogP contribution in [0, 0.1) is 5.92 Å². The first-order valence-electron chi connectivity index (χ1n) is 12.7. The lowest BCUT2D eigenvalue weighted by atomic mass is 9.94. The van der Waals surface area contributed by atoms with E-state index in [1.807, 2.05) is 24.3 Å². The van der Waals surface area contributed by atoms with Gasteiger partial charge in [-0.15, -0.1) is 11.3 Å². The smallest absolute Gasteiger partial charge is 0.263 e. The van der Waals surface area contributed by atoms with Gasteiger partial charge in [-0.3, -0.25) is 19.3 Å². The van der Waals surface area contributed by atoms with Crippen LogP contribution in [0.2, 0.25) is 0 Å². The Balaban J connectivity index is 1.08. The standard InChI is InChI=1S/C28H29N3O4S/c32-26(29-16-21-15-19-5-1-2-9-24(19)36-21)18-10-12-30(13-11-18)23-8-3-7-22-25(23)28(34)31(27(22)33)17-20-6-4-14-35-20/h1-3,5,7-9,15,18,20H,4,6,10-14,16-17H2,(H,29,32). The molecule has 3 amide bonds. The Hall–Kier alpha value is -3.23. The molecule has 1 atom stereocenters. The highest BCUT2D eigenvalue weighted by atomic mass is 32.1. The fourth-order valence-corrected chi connectivity index (χ4v) is 6.57. The van der Waals surface area contributed by atoms with Crippen LogP contribution in [-0.2, 0) is 16.1 Å². The Bertz CT molecular complexity index is 1290. The second-order valence-electron chi connectivity index (χ2n) is 9.79. The molecule has 7 nitrogen and oxygen atoms in total. The summed E-state index contributed by atoms with van der Waals surface area (Å²) in [5.41, 5.74) is 1.76. The second kappa shape index (κ2) is 9.67. The van der Waals surface area contributed by atoms with E-state index < -0.39 is 0 Å². The average molecular weight is 504 g/mol. The van der Waals surface area contributed by atoms with Gasteiger partial charge in [-0.05, 0) is 55.3 Å². The van der Waals surface area contributed by atoms with E-state index in [0.717, 1.165) is 23.4 Å². The minimum atomic E-state index is -0.233. The molecule has 0 bridgehead atoms. The Morgan fingerprint density at radius 3 is 2.64 bits per heavy atom. The van der Waals surface area contributed by atoms with Gasteiger partial charge in [-0.25, -0.2) is 0 Å². The Morgan fingerprint density at radius 2 is 1.86 bits per heavy atom. The quantitative estimate of drug-likeness (QED) is 0.510. The molecule has 3 aromatic rings. The molecule has 0 aliphatic carbocycles. The maximum absolute atomic E-state index is 13.3. The summed E-state index contributed by atoms with van der Waals surface area (Å²) in [6, 6.07) is 15.9. The van der Waals surface area contributed by atoms with E-state index in [1.54, 1.807) is 17.4 Å². The van der Waals surface area contributed by atoms with Gasteiger partial charge in [0, 0.05) is 35.2 Å². The summed E-state index contributed by atoms with van der Waals surface area (Å²) in [5.74, 6) is -0.438. The number of carbonyl (C=O) groups is 3. The number of benzene rings is 2. The van der Waals surface area contributed by atoms with Crippen molar-refractivity contribution in [1.29, 1.82) is 0 Å². The van der Waals surface area contributed by atoms with E-state index in [-0.39, 0.29) is 29.7 Å². The van der Waals surface area contributed by atoms with Crippen LogP contribution in [0.3, 0.4) is 0 Å². The van der Waals surface area contributed by atoms with Crippen molar-refractivity contribution in [1.82, 2.24) is 10.2 Å². The minimum Gasteiger partial charge on any atom is -0.376 e. The monoisotopic (exact) mass is 503 g/mol. The predicted octanol–water partition coefficient (Wildman–Crippen LogP) is 4.21. The van der Waals surface area contributed by atoms with Gasteiger partial charge in [0.1, 0.15) is 0 Å². The van der Waals surface area contributed by atoms with Crippen molar-refractivity contribution in [3.8, 4) is 0 Å². The van der Waals surface area contributed by atoms with Crippen molar-refractivity contribution in [3.05, 3.63) is 64.5 Å². The largest absolute Gasteiger partial charge is 0.376 e. The first kappa shape index (κ1) is 23.2. The number of ether oxygens (including phenoxy) is 1.